The van der Waals surface area contributed by atoms with Gasteiger partial charge in [-0.2, -0.15) is 0 Å². The lowest BCUT2D eigenvalue weighted by molar-refractivity contribution is -0.105. The Hall–Kier alpha value is -1.38. The zero-order valence-electron chi connectivity index (χ0n) is 5.59. The van der Waals surface area contributed by atoms with Gasteiger partial charge in [-0.1, -0.05) is 0 Å². The highest BCUT2D eigenvalue weighted by atomic mass is 16.1. The maximum atomic E-state index is 9.97. The number of anilines is 1. The van der Waals surface area contributed by atoms with Crippen molar-refractivity contribution in [1.29, 1.82) is 0 Å². The van der Waals surface area contributed by atoms with Crippen molar-refractivity contribution in [2.45, 2.75) is 6.92 Å². The van der Waals surface area contributed by atoms with Gasteiger partial charge in [0, 0.05) is 6.20 Å². The van der Waals surface area contributed by atoms with Crippen molar-refractivity contribution in [3.05, 3.63) is 24.0 Å². The summed E-state index contributed by atoms with van der Waals surface area (Å²) in [6.07, 6.45) is 4.89. The molecule has 0 saturated carbocycles. The number of aromatic nitrogens is 1. The Morgan fingerprint density at radius 2 is 2.60 bits per heavy atom. The molecule has 0 aliphatic carbocycles. The quantitative estimate of drug-likeness (QED) is 0.608. The largest absolute Gasteiger partial charge is 0.327 e. The number of amides is 1. The molecule has 0 fully saturated rings. The predicted molar refractivity (Wildman–Crippen MR) is 37.5 cm³/mol. The van der Waals surface area contributed by atoms with E-state index in [1.54, 1.807) is 6.20 Å². The number of nitrogens with one attached hydrogen (secondary N) is 1. The fourth-order valence-corrected chi connectivity index (χ4v) is 0.627. The van der Waals surface area contributed by atoms with E-state index >= 15 is 0 Å². The molecule has 10 heavy (non-hydrogen) atoms. The van der Waals surface area contributed by atoms with Crippen molar-refractivity contribution in [2.75, 3.05) is 5.32 Å². The van der Waals surface area contributed by atoms with Crippen LogP contribution in [-0.2, 0) is 4.79 Å². The van der Waals surface area contributed by atoms with Gasteiger partial charge in [0.05, 0.1) is 5.69 Å². The fourth-order valence-electron chi connectivity index (χ4n) is 0.627. The van der Waals surface area contributed by atoms with Crippen LogP contribution in [0.5, 0.6) is 0 Å². The summed E-state index contributed by atoms with van der Waals surface area (Å²) in [5.74, 6) is 0. The molecule has 0 aliphatic rings. The minimum atomic E-state index is 0.612. The first-order valence-corrected chi connectivity index (χ1v) is 2.88. The van der Waals surface area contributed by atoms with E-state index in [4.69, 9.17) is 0 Å². The molecule has 0 aromatic carbocycles. The van der Waals surface area contributed by atoms with Gasteiger partial charge in [0.1, 0.15) is 6.20 Å². The smallest absolute Gasteiger partial charge is 0.211 e. The summed E-state index contributed by atoms with van der Waals surface area (Å²) in [6, 6.07) is 1.81. The second-order valence-corrected chi connectivity index (χ2v) is 1.88. The molecule has 1 aromatic rings. The number of carbonyl (C=O) groups excluding carboxylic acids is 1. The molecule has 1 heterocycles. The SMILES string of the molecule is Cc1ccn[c]c1NC=O. The maximum absolute atomic E-state index is 9.97. The summed E-state index contributed by atoms with van der Waals surface area (Å²) in [7, 11) is 0. The lowest BCUT2D eigenvalue weighted by Gasteiger charge is -1.98. The standard InChI is InChI=1S/C7H7N2O/c1-6-2-3-8-4-7(6)9-5-10/h2-3,5H,1H3,(H,9,10). The van der Waals surface area contributed by atoms with Crippen molar-refractivity contribution < 1.29 is 4.79 Å². The third-order valence-electron chi connectivity index (χ3n) is 1.17. The van der Waals surface area contributed by atoms with Crippen LogP contribution < -0.4 is 5.32 Å². The number of rotatable bonds is 2. The summed E-state index contributed by atoms with van der Waals surface area (Å²) in [5, 5.41) is 2.48. The van der Waals surface area contributed by atoms with Crippen molar-refractivity contribution in [2.24, 2.45) is 0 Å². The highest BCUT2D eigenvalue weighted by molar-refractivity contribution is 5.72. The lowest BCUT2D eigenvalue weighted by atomic mass is 10.2. The summed E-state index contributed by atoms with van der Waals surface area (Å²) in [6.45, 7) is 1.88. The van der Waals surface area contributed by atoms with Gasteiger partial charge in [0.25, 0.3) is 0 Å². The van der Waals surface area contributed by atoms with Crippen LogP contribution in [0.15, 0.2) is 12.3 Å². The van der Waals surface area contributed by atoms with Crippen LogP contribution >= 0.6 is 0 Å². The van der Waals surface area contributed by atoms with Crippen LogP contribution in [0.25, 0.3) is 0 Å². The highest BCUT2D eigenvalue weighted by Gasteiger charge is 1.93. The van der Waals surface area contributed by atoms with Gasteiger partial charge in [0.15, 0.2) is 0 Å². The molecule has 3 heteroatoms. The van der Waals surface area contributed by atoms with Crippen LogP contribution in [0, 0.1) is 13.1 Å². The second kappa shape index (κ2) is 2.96. The zero-order chi connectivity index (χ0) is 7.40. The average Bonchev–Trinajstić information content (AvgIpc) is 1.94. The predicted octanol–water partition coefficient (Wildman–Crippen LogP) is 0.759. The molecule has 1 N–H and O–H groups in total. The normalized spacial score (nSPS) is 8.90. The minimum absolute atomic E-state index is 0.612. The third-order valence-corrected chi connectivity index (χ3v) is 1.17. The Morgan fingerprint density at radius 1 is 1.80 bits per heavy atom. The second-order valence-electron chi connectivity index (χ2n) is 1.88. The molecule has 0 saturated heterocycles. The Morgan fingerprint density at radius 3 is 3.20 bits per heavy atom. The number of aryl methyl sites for hydroxylation is 1. The van der Waals surface area contributed by atoms with Crippen molar-refractivity contribution >= 4 is 12.1 Å². The summed E-state index contributed by atoms with van der Waals surface area (Å²) in [4.78, 5) is 13.7. The van der Waals surface area contributed by atoms with E-state index in [1.807, 2.05) is 13.0 Å². The van der Waals surface area contributed by atoms with Crippen LogP contribution in [0.3, 0.4) is 0 Å². The highest BCUT2D eigenvalue weighted by Crippen LogP contribution is 2.08. The van der Waals surface area contributed by atoms with Crippen LogP contribution in [0.4, 0.5) is 5.69 Å². The Labute approximate surface area is 59.1 Å². The van der Waals surface area contributed by atoms with Gasteiger partial charge in [-0.3, -0.25) is 9.78 Å². The van der Waals surface area contributed by atoms with Crippen molar-refractivity contribution in [1.82, 2.24) is 4.98 Å². The van der Waals surface area contributed by atoms with Gasteiger partial charge in [0.2, 0.25) is 6.41 Å². The monoisotopic (exact) mass is 135 g/mol. The van der Waals surface area contributed by atoms with E-state index in [1.165, 1.54) is 0 Å². The molecule has 1 aromatic heterocycles. The topological polar surface area (TPSA) is 42.0 Å². The maximum Gasteiger partial charge on any atom is 0.211 e. The minimum Gasteiger partial charge on any atom is -0.327 e. The molecule has 0 aliphatic heterocycles. The lowest BCUT2D eigenvalue weighted by Crippen LogP contribution is -1.96. The van der Waals surface area contributed by atoms with E-state index in [0.29, 0.717) is 12.1 Å². The molecule has 1 amide bonds. The van der Waals surface area contributed by atoms with E-state index in [0.717, 1.165) is 5.56 Å². The van der Waals surface area contributed by atoms with Gasteiger partial charge < -0.3 is 5.32 Å². The van der Waals surface area contributed by atoms with E-state index in [2.05, 4.69) is 16.5 Å². The number of hydrogen-bond donors (Lipinski definition) is 1. The number of hydrogen-bond acceptors (Lipinski definition) is 2. The van der Waals surface area contributed by atoms with Crippen LogP contribution in [0.2, 0.25) is 0 Å². The molecule has 0 unspecified atom stereocenters. The Balaban J connectivity index is 2.91. The average molecular weight is 135 g/mol. The number of carbonyl (C=O) groups is 1. The van der Waals surface area contributed by atoms with Gasteiger partial charge >= 0.3 is 0 Å². The van der Waals surface area contributed by atoms with Crippen molar-refractivity contribution in [3.63, 3.8) is 0 Å². The Kier molecular flexibility index (Phi) is 1.99. The number of nitrogens with zero attached hydrogens (tertiary/aromatic N) is 1. The molecule has 1 radical (unpaired) electrons. The fraction of sp³-hybridized carbons (Fsp3) is 0.143. The first-order valence-electron chi connectivity index (χ1n) is 2.88. The first kappa shape index (κ1) is 6.74. The van der Waals surface area contributed by atoms with E-state index < -0.39 is 0 Å². The van der Waals surface area contributed by atoms with Crippen molar-refractivity contribution in [3.8, 4) is 0 Å². The molecule has 0 spiro atoms. The van der Waals surface area contributed by atoms with E-state index in [9.17, 15) is 4.79 Å². The molecule has 0 bridgehead atoms. The molecular weight excluding hydrogens is 128 g/mol. The Bertz CT molecular complexity index is 235. The molecule has 3 nitrogen and oxygen atoms in total. The van der Waals surface area contributed by atoms with Crippen LogP contribution in [-0.4, -0.2) is 11.4 Å². The van der Waals surface area contributed by atoms with Crippen LogP contribution in [0.1, 0.15) is 5.56 Å². The first-order chi connectivity index (χ1) is 4.84. The van der Waals surface area contributed by atoms with Gasteiger partial charge in [-0.15, -0.1) is 0 Å². The van der Waals surface area contributed by atoms with E-state index in [-0.39, 0.29) is 0 Å². The molecule has 1 rings (SSSR count). The molecule has 0 atom stereocenters. The van der Waals surface area contributed by atoms with Gasteiger partial charge in [-0.05, 0) is 18.6 Å². The summed E-state index contributed by atoms with van der Waals surface area (Å²) in [5.41, 5.74) is 1.60. The zero-order valence-corrected chi connectivity index (χ0v) is 5.59. The molecule has 51 valence electrons. The summed E-state index contributed by atoms with van der Waals surface area (Å²) >= 11 is 0. The third kappa shape index (κ3) is 1.31. The summed E-state index contributed by atoms with van der Waals surface area (Å²) < 4.78 is 0. The van der Waals surface area contributed by atoms with Gasteiger partial charge in [-0.25, -0.2) is 0 Å². The number of pyridine rings is 1. The molecular formula is C7H7N2O.